The van der Waals surface area contributed by atoms with Crippen LogP contribution < -0.4 is 5.32 Å². The second-order valence-electron chi connectivity index (χ2n) is 2.66. The monoisotopic (exact) mass is 185 g/mol. The third kappa shape index (κ3) is 1.98. The Hall–Kier alpha value is 0.01000. The lowest BCUT2D eigenvalue weighted by Crippen LogP contribution is -2.09. The molecule has 1 nitrogen and oxygen atoms in total. The van der Waals surface area contributed by atoms with Crippen LogP contribution in [0.1, 0.15) is 6.42 Å². The van der Waals surface area contributed by atoms with Crippen molar-refractivity contribution in [3.8, 4) is 0 Å². The third-order valence-corrected chi connectivity index (χ3v) is 4.14. The summed E-state index contributed by atoms with van der Waals surface area (Å²) < 4.78 is 1.46. The highest BCUT2D eigenvalue weighted by Gasteiger charge is 2.15. The first-order chi connectivity index (χ1) is 5.45. The number of nitrogens with one attached hydrogen (secondary N) is 1. The molecule has 1 aromatic heterocycles. The molecule has 0 bridgehead atoms. The van der Waals surface area contributed by atoms with E-state index < -0.39 is 0 Å². The van der Waals surface area contributed by atoms with Gasteiger partial charge in [0.1, 0.15) is 0 Å². The summed E-state index contributed by atoms with van der Waals surface area (Å²) in [6, 6.07) is 4.32. The largest absolute Gasteiger partial charge is 0.316 e. The van der Waals surface area contributed by atoms with E-state index in [1.54, 1.807) is 0 Å². The minimum Gasteiger partial charge on any atom is -0.316 e. The summed E-state index contributed by atoms with van der Waals surface area (Å²) >= 11 is 3.86. The Balaban J connectivity index is 1.90. The zero-order valence-corrected chi connectivity index (χ0v) is 7.88. The number of thiophene rings is 1. The van der Waals surface area contributed by atoms with Gasteiger partial charge in [-0.15, -0.1) is 23.1 Å². The Morgan fingerprint density at radius 3 is 3.27 bits per heavy atom. The van der Waals surface area contributed by atoms with Crippen LogP contribution >= 0.6 is 23.1 Å². The van der Waals surface area contributed by atoms with Gasteiger partial charge in [0.2, 0.25) is 0 Å². The van der Waals surface area contributed by atoms with Gasteiger partial charge in [-0.1, -0.05) is 6.07 Å². The first-order valence-corrected chi connectivity index (χ1v) is 5.62. The average molecular weight is 185 g/mol. The van der Waals surface area contributed by atoms with E-state index in [4.69, 9.17) is 0 Å². The van der Waals surface area contributed by atoms with Gasteiger partial charge in [0.15, 0.2) is 0 Å². The molecule has 0 radical (unpaired) electrons. The van der Waals surface area contributed by atoms with Crippen molar-refractivity contribution in [1.29, 1.82) is 0 Å². The summed E-state index contributed by atoms with van der Waals surface area (Å²) in [5.74, 6) is 0. The van der Waals surface area contributed by atoms with Gasteiger partial charge in [-0.25, -0.2) is 0 Å². The van der Waals surface area contributed by atoms with E-state index in [0.29, 0.717) is 0 Å². The SMILES string of the molecule is c1csc(S[C@@H]2CCNC2)c1. The average Bonchev–Trinajstić information content (AvgIpc) is 2.60. The fraction of sp³-hybridized carbons (Fsp3) is 0.500. The molecule has 1 saturated heterocycles. The van der Waals surface area contributed by atoms with E-state index in [1.807, 2.05) is 23.1 Å². The Kier molecular flexibility index (Phi) is 2.51. The van der Waals surface area contributed by atoms with Gasteiger partial charge in [0.25, 0.3) is 0 Å². The van der Waals surface area contributed by atoms with Crippen LogP contribution in [0.4, 0.5) is 0 Å². The van der Waals surface area contributed by atoms with Crippen molar-refractivity contribution >= 4 is 23.1 Å². The van der Waals surface area contributed by atoms with Gasteiger partial charge in [-0.05, 0) is 24.4 Å². The van der Waals surface area contributed by atoms with Crippen molar-refractivity contribution in [2.75, 3.05) is 13.1 Å². The lowest BCUT2D eigenvalue weighted by atomic mass is 10.4. The molecule has 1 atom stereocenters. The summed E-state index contributed by atoms with van der Waals surface area (Å²) in [5, 5.41) is 6.33. The van der Waals surface area contributed by atoms with Crippen molar-refractivity contribution in [3.63, 3.8) is 0 Å². The van der Waals surface area contributed by atoms with Crippen molar-refractivity contribution in [2.24, 2.45) is 0 Å². The van der Waals surface area contributed by atoms with Crippen LogP contribution in [-0.4, -0.2) is 18.3 Å². The minimum atomic E-state index is 0.814. The van der Waals surface area contributed by atoms with E-state index in [0.717, 1.165) is 5.25 Å². The number of rotatable bonds is 2. The van der Waals surface area contributed by atoms with Crippen molar-refractivity contribution < 1.29 is 0 Å². The topological polar surface area (TPSA) is 12.0 Å². The van der Waals surface area contributed by atoms with Crippen LogP contribution in [0, 0.1) is 0 Å². The molecule has 3 heteroatoms. The summed E-state index contributed by atoms with van der Waals surface area (Å²) in [7, 11) is 0. The highest BCUT2D eigenvalue weighted by molar-refractivity contribution is 8.01. The fourth-order valence-electron chi connectivity index (χ4n) is 1.22. The molecule has 1 N–H and O–H groups in total. The van der Waals surface area contributed by atoms with Crippen LogP contribution in [0.5, 0.6) is 0 Å². The maximum Gasteiger partial charge on any atom is 0.0601 e. The second kappa shape index (κ2) is 3.61. The summed E-state index contributed by atoms with van der Waals surface area (Å²) in [6.45, 7) is 2.38. The molecule has 0 aromatic carbocycles. The zero-order chi connectivity index (χ0) is 7.52. The smallest absolute Gasteiger partial charge is 0.0601 e. The molecule has 2 heterocycles. The molecule has 2 rings (SSSR count). The maximum absolute atomic E-state index is 3.37. The molecule has 0 unspecified atom stereocenters. The van der Waals surface area contributed by atoms with Gasteiger partial charge >= 0.3 is 0 Å². The highest BCUT2D eigenvalue weighted by Crippen LogP contribution is 2.30. The van der Waals surface area contributed by atoms with Crippen LogP contribution in [0.2, 0.25) is 0 Å². The van der Waals surface area contributed by atoms with Crippen LogP contribution in [0.15, 0.2) is 21.7 Å². The Morgan fingerprint density at radius 1 is 1.64 bits per heavy atom. The van der Waals surface area contributed by atoms with Crippen LogP contribution in [0.3, 0.4) is 0 Å². The number of thioether (sulfide) groups is 1. The van der Waals surface area contributed by atoms with Crippen molar-refractivity contribution in [3.05, 3.63) is 17.5 Å². The van der Waals surface area contributed by atoms with E-state index in [1.165, 1.54) is 23.7 Å². The molecule has 0 aliphatic carbocycles. The van der Waals surface area contributed by atoms with Gasteiger partial charge in [0.05, 0.1) is 4.21 Å². The predicted molar refractivity (Wildman–Crippen MR) is 51.5 cm³/mol. The van der Waals surface area contributed by atoms with E-state index in [-0.39, 0.29) is 0 Å². The van der Waals surface area contributed by atoms with Crippen molar-refractivity contribution in [1.82, 2.24) is 5.32 Å². The van der Waals surface area contributed by atoms with Crippen LogP contribution in [0.25, 0.3) is 0 Å². The molecule has 1 fully saturated rings. The molecular weight excluding hydrogens is 174 g/mol. The van der Waals surface area contributed by atoms with Gasteiger partial charge in [0, 0.05) is 11.8 Å². The number of hydrogen-bond acceptors (Lipinski definition) is 3. The quantitative estimate of drug-likeness (QED) is 0.758. The predicted octanol–water partition coefficient (Wildman–Crippen LogP) is 2.20. The molecule has 60 valence electrons. The van der Waals surface area contributed by atoms with E-state index >= 15 is 0 Å². The Morgan fingerprint density at radius 2 is 2.64 bits per heavy atom. The summed E-state index contributed by atoms with van der Waals surface area (Å²) in [5.41, 5.74) is 0. The third-order valence-electron chi connectivity index (χ3n) is 1.79. The zero-order valence-electron chi connectivity index (χ0n) is 6.25. The standard InChI is InChI=1S/C8H11NS2/c1-2-8(10-5-1)11-7-3-4-9-6-7/h1-2,5,7,9H,3-4,6H2/t7-/m1/s1. The van der Waals surface area contributed by atoms with Crippen LogP contribution in [-0.2, 0) is 0 Å². The molecule has 0 saturated carbocycles. The van der Waals surface area contributed by atoms with Gasteiger partial charge in [-0.2, -0.15) is 0 Å². The van der Waals surface area contributed by atoms with E-state index in [9.17, 15) is 0 Å². The second-order valence-corrected chi connectivity index (χ2v) is 5.21. The molecular formula is C8H11NS2. The molecule has 11 heavy (non-hydrogen) atoms. The lowest BCUT2D eigenvalue weighted by molar-refractivity contribution is 0.858. The molecule has 1 aliphatic heterocycles. The summed E-state index contributed by atoms with van der Waals surface area (Å²) in [4.78, 5) is 0. The number of hydrogen-bond donors (Lipinski definition) is 1. The Labute approximate surface area is 75.2 Å². The normalized spacial score (nSPS) is 24.2. The fourth-order valence-corrected chi connectivity index (χ4v) is 3.39. The molecule has 0 spiro atoms. The van der Waals surface area contributed by atoms with E-state index in [2.05, 4.69) is 22.8 Å². The molecule has 1 aromatic rings. The van der Waals surface area contributed by atoms with Crippen molar-refractivity contribution in [2.45, 2.75) is 15.9 Å². The minimum absolute atomic E-state index is 0.814. The first kappa shape index (κ1) is 7.65. The maximum atomic E-state index is 3.37. The highest BCUT2D eigenvalue weighted by atomic mass is 32.2. The Bertz CT molecular complexity index is 202. The van der Waals surface area contributed by atoms with Gasteiger partial charge in [-0.3, -0.25) is 0 Å². The molecule has 1 aliphatic rings. The summed E-state index contributed by atoms with van der Waals surface area (Å²) in [6.07, 6.45) is 1.32. The first-order valence-electron chi connectivity index (χ1n) is 3.86. The molecule has 0 amide bonds. The lowest BCUT2D eigenvalue weighted by Gasteiger charge is -2.03. The van der Waals surface area contributed by atoms with Gasteiger partial charge < -0.3 is 5.32 Å².